The number of anilines is 1. The standard InChI is InChI=1S/C29H40N4O6/c1-17-12-11-13-18(2)23(17)32-25(36)24(19-14-9-10-15-21(19)34)33(28(3,4)5)26(37)20(16-22(30)35)31-27(38)39-29(6,7)8/h9-15,20,24,34H,16H2,1-8H3,(H2,30,35)(H,31,38)(H,32,36). The maximum Gasteiger partial charge on any atom is 0.408 e. The summed E-state index contributed by atoms with van der Waals surface area (Å²) < 4.78 is 5.29. The minimum Gasteiger partial charge on any atom is -0.508 e. The van der Waals surface area contributed by atoms with Crippen LogP contribution in [-0.4, -0.2) is 51.0 Å². The number of nitrogens with one attached hydrogen (secondary N) is 2. The van der Waals surface area contributed by atoms with Gasteiger partial charge in [0.25, 0.3) is 5.91 Å². The molecular formula is C29H40N4O6. The van der Waals surface area contributed by atoms with E-state index in [2.05, 4.69) is 10.6 Å². The van der Waals surface area contributed by atoms with Gasteiger partial charge in [-0.2, -0.15) is 0 Å². The number of carbonyl (C=O) groups excluding carboxylic acids is 4. The highest BCUT2D eigenvalue weighted by atomic mass is 16.6. The predicted molar refractivity (Wildman–Crippen MR) is 149 cm³/mol. The number of amides is 4. The SMILES string of the molecule is Cc1cccc(C)c1NC(=O)C(c1ccccc1O)N(C(=O)C(CC(N)=O)NC(=O)OC(C)(C)C)C(C)(C)C. The van der Waals surface area contributed by atoms with Gasteiger partial charge in [0.1, 0.15) is 23.4 Å². The molecule has 0 aliphatic rings. The third-order valence-electron chi connectivity index (χ3n) is 5.82. The number of benzene rings is 2. The maximum absolute atomic E-state index is 14.1. The number of aromatic hydroxyl groups is 1. The molecule has 0 aromatic heterocycles. The lowest BCUT2D eigenvalue weighted by atomic mass is 9.94. The first-order valence-corrected chi connectivity index (χ1v) is 12.7. The fraction of sp³-hybridized carbons (Fsp3) is 0.448. The fourth-order valence-corrected chi connectivity index (χ4v) is 4.18. The first-order chi connectivity index (χ1) is 17.9. The predicted octanol–water partition coefficient (Wildman–Crippen LogP) is 4.08. The van der Waals surface area contributed by atoms with Gasteiger partial charge >= 0.3 is 6.09 Å². The molecule has 2 aromatic carbocycles. The Hall–Kier alpha value is -4.08. The number of phenols is 1. The second-order valence-corrected chi connectivity index (χ2v) is 11.5. The van der Waals surface area contributed by atoms with Crippen molar-refractivity contribution in [1.82, 2.24) is 10.2 Å². The molecule has 2 atom stereocenters. The Kier molecular flexibility index (Phi) is 9.73. The van der Waals surface area contributed by atoms with Crippen molar-refractivity contribution in [3.05, 3.63) is 59.2 Å². The number of aryl methyl sites for hydroxylation is 2. The van der Waals surface area contributed by atoms with Crippen molar-refractivity contribution >= 4 is 29.5 Å². The number of carbonyl (C=O) groups is 4. The van der Waals surface area contributed by atoms with E-state index >= 15 is 0 Å². The number of para-hydroxylation sites is 2. The third kappa shape index (κ3) is 8.46. The quantitative estimate of drug-likeness (QED) is 0.396. The smallest absolute Gasteiger partial charge is 0.408 e. The van der Waals surface area contributed by atoms with Crippen LogP contribution >= 0.6 is 0 Å². The van der Waals surface area contributed by atoms with Crippen molar-refractivity contribution in [3.8, 4) is 5.75 Å². The highest BCUT2D eigenvalue weighted by molar-refractivity contribution is 6.01. The molecule has 5 N–H and O–H groups in total. The number of hydrogen-bond donors (Lipinski definition) is 4. The van der Waals surface area contributed by atoms with Crippen molar-refractivity contribution < 1.29 is 29.0 Å². The van der Waals surface area contributed by atoms with E-state index in [1.165, 1.54) is 11.0 Å². The number of ether oxygens (including phenoxy) is 1. The summed E-state index contributed by atoms with van der Waals surface area (Å²) in [5.74, 6) is -2.38. The van der Waals surface area contributed by atoms with Gasteiger partial charge in [-0.25, -0.2) is 4.79 Å². The Morgan fingerprint density at radius 3 is 2.00 bits per heavy atom. The van der Waals surface area contributed by atoms with Gasteiger partial charge in [0.2, 0.25) is 11.8 Å². The summed E-state index contributed by atoms with van der Waals surface area (Å²) in [6.45, 7) is 13.8. The van der Waals surface area contributed by atoms with E-state index in [0.717, 1.165) is 11.1 Å². The Bertz CT molecular complexity index is 1210. The second-order valence-electron chi connectivity index (χ2n) is 11.5. The average molecular weight is 541 g/mol. The minimum absolute atomic E-state index is 0.166. The molecule has 4 amide bonds. The maximum atomic E-state index is 14.1. The molecule has 212 valence electrons. The van der Waals surface area contributed by atoms with Crippen LogP contribution in [0.5, 0.6) is 5.75 Å². The number of nitrogens with two attached hydrogens (primary N) is 1. The molecule has 0 saturated heterocycles. The molecule has 39 heavy (non-hydrogen) atoms. The molecular weight excluding hydrogens is 500 g/mol. The molecule has 10 heteroatoms. The van der Waals surface area contributed by atoms with E-state index < -0.39 is 53.5 Å². The van der Waals surface area contributed by atoms with Crippen molar-refractivity contribution in [3.63, 3.8) is 0 Å². The van der Waals surface area contributed by atoms with E-state index in [-0.39, 0.29) is 11.3 Å². The highest BCUT2D eigenvalue weighted by Gasteiger charge is 2.43. The number of rotatable bonds is 8. The Morgan fingerprint density at radius 1 is 0.949 bits per heavy atom. The summed E-state index contributed by atoms with van der Waals surface area (Å²) in [5, 5.41) is 16.1. The van der Waals surface area contributed by atoms with Gasteiger partial charge < -0.3 is 31.1 Å². The van der Waals surface area contributed by atoms with Gasteiger partial charge in [0.05, 0.1) is 6.42 Å². The molecule has 2 rings (SSSR count). The van der Waals surface area contributed by atoms with Gasteiger partial charge in [-0.15, -0.1) is 0 Å². The Balaban J connectivity index is 2.65. The summed E-state index contributed by atoms with van der Waals surface area (Å²) in [4.78, 5) is 53.9. The van der Waals surface area contributed by atoms with Crippen LogP contribution in [0.4, 0.5) is 10.5 Å². The van der Waals surface area contributed by atoms with Gasteiger partial charge in [-0.3, -0.25) is 14.4 Å². The van der Waals surface area contributed by atoms with E-state index in [1.54, 1.807) is 59.7 Å². The molecule has 0 aliphatic heterocycles. The first kappa shape index (κ1) is 31.1. The zero-order chi connectivity index (χ0) is 29.7. The van der Waals surface area contributed by atoms with E-state index in [0.29, 0.717) is 5.69 Å². The van der Waals surface area contributed by atoms with Crippen molar-refractivity contribution in [1.29, 1.82) is 0 Å². The molecule has 0 aliphatic carbocycles. The van der Waals surface area contributed by atoms with Gasteiger partial charge in [0, 0.05) is 16.8 Å². The summed E-state index contributed by atoms with van der Waals surface area (Å²) in [7, 11) is 0. The molecule has 0 fully saturated rings. The van der Waals surface area contributed by atoms with Gasteiger partial charge in [-0.05, 0) is 72.6 Å². The van der Waals surface area contributed by atoms with Crippen molar-refractivity contribution in [2.75, 3.05) is 5.32 Å². The molecule has 2 unspecified atom stereocenters. The lowest BCUT2D eigenvalue weighted by Gasteiger charge is -2.43. The van der Waals surface area contributed by atoms with Crippen LogP contribution in [0, 0.1) is 13.8 Å². The van der Waals surface area contributed by atoms with Crippen LogP contribution in [0.3, 0.4) is 0 Å². The summed E-state index contributed by atoms with van der Waals surface area (Å²) in [5.41, 5.74) is 5.91. The molecule has 0 heterocycles. The summed E-state index contributed by atoms with van der Waals surface area (Å²) >= 11 is 0. The van der Waals surface area contributed by atoms with Gasteiger partial charge in [0.15, 0.2) is 0 Å². The Labute approximate surface area is 229 Å². The molecule has 0 bridgehead atoms. The van der Waals surface area contributed by atoms with Crippen LogP contribution in [0.1, 0.15) is 70.7 Å². The van der Waals surface area contributed by atoms with Crippen LogP contribution in [-0.2, 0) is 19.1 Å². The number of hydrogen-bond acceptors (Lipinski definition) is 6. The molecule has 2 aromatic rings. The Morgan fingerprint density at radius 2 is 1.51 bits per heavy atom. The monoisotopic (exact) mass is 540 g/mol. The van der Waals surface area contributed by atoms with Crippen LogP contribution < -0.4 is 16.4 Å². The summed E-state index contributed by atoms with van der Waals surface area (Å²) in [6, 6.07) is 8.98. The van der Waals surface area contributed by atoms with Crippen LogP contribution in [0.15, 0.2) is 42.5 Å². The third-order valence-corrected chi connectivity index (χ3v) is 5.82. The lowest BCUT2D eigenvalue weighted by Crippen LogP contribution is -2.58. The summed E-state index contributed by atoms with van der Waals surface area (Å²) in [6.07, 6.45) is -1.45. The first-order valence-electron chi connectivity index (χ1n) is 12.7. The van der Waals surface area contributed by atoms with Crippen LogP contribution in [0.25, 0.3) is 0 Å². The fourth-order valence-electron chi connectivity index (χ4n) is 4.18. The van der Waals surface area contributed by atoms with E-state index in [4.69, 9.17) is 10.5 Å². The second kappa shape index (κ2) is 12.2. The van der Waals surface area contributed by atoms with Crippen LogP contribution in [0.2, 0.25) is 0 Å². The van der Waals surface area contributed by atoms with E-state index in [1.807, 2.05) is 32.0 Å². The topological polar surface area (TPSA) is 151 Å². The largest absolute Gasteiger partial charge is 0.508 e. The highest BCUT2D eigenvalue weighted by Crippen LogP contribution is 2.36. The van der Waals surface area contributed by atoms with Gasteiger partial charge in [-0.1, -0.05) is 36.4 Å². The molecule has 0 radical (unpaired) electrons. The molecule has 0 saturated carbocycles. The number of nitrogens with zero attached hydrogens (tertiary/aromatic N) is 1. The lowest BCUT2D eigenvalue weighted by molar-refractivity contribution is -0.147. The van der Waals surface area contributed by atoms with Crippen molar-refractivity contribution in [2.24, 2.45) is 5.73 Å². The molecule has 0 spiro atoms. The number of alkyl carbamates (subject to hydrolysis) is 1. The minimum atomic E-state index is -1.43. The zero-order valence-electron chi connectivity index (χ0n) is 23.9. The molecule has 10 nitrogen and oxygen atoms in total. The zero-order valence-corrected chi connectivity index (χ0v) is 23.9. The van der Waals surface area contributed by atoms with E-state index in [9.17, 15) is 24.3 Å². The average Bonchev–Trinajstić information content (AvgIpc) is 2.77. The number of phenolic OH excluding ortho intramolecular Hbond substituents is 1. The normalized spacial score (nSPS) is 13.1. The van der Waals surface area contributed by atoms with Crippen molar-refractivity contribution in [2.45, 2.75) is 85.0 Å². The number of primary amides is 1.